The number of nitrogens with zero attached hydrogens (tertiary/aromatic N) is 1. The molecule has 0 atom stereocenters. The van der Waals surface area contributed by atoms with Crippen molar-refractivity contribution in [3.63, 3.8) is 0 Å². The van der Waals surface area contributed by atoms with E-state index in [0.29, 0.717) is 0 Å². The van der Waals surface area contributed by atoms with E-state index < -0.39 is 16.5 Å². The highest BCUT2D eigenvalue weighted by atomic mass is 32.2. The summed E-state index contributed by atoms with van der Waals surface area (Å²) in [7, 11) is -2.71. The average Bonchev–Trinajstić information content (AvgIpc) is 1.88. The van der Waals surface area contributed by atoms with Crippen molar-refractivity contribution in [1.29, 1.82) is 0 Å². The van der Waals surface area contributed by atoms with Crippen molar-refractivity contribution in [1.82, 2.24) is 4.98 Å². The van der Waals surface area contributed by atoms with Gasteiger partial charge in [0.15, 0.2) is 10.7 Å². The van der Waals surface area contributed by atoms with Crippen LogP contribution in [0.15, 0.2) is 23.4 Å². The molecule has 0 fully saturated rings. The fourth-order valence-electron chi connectivity index (χ4n) is 0.500. The maximum Gasteiger partial charge on any atom is 0.169 e. The molecule has 0 saturated carbocycles. The Hall–Kier alpha value is -0.970. The van der Waals surface area contributed by atoms with Crippen LogP contribution < -0.4 is 0 Å². The van der Waals surface area contributed by atoms with E-state index in [0.717, 1.165) is 18.5 Å². The van der Waals surface area contributed by atoms with Crippen LogP contribution in [0.4, 0.5) is 4.39 Å². The molecule has 0 aliphatic carbocycles. The monoisotopic (exact) mass is 161 g/mol. The van der Waals surface area contributed by atoms with Gasteiger partial charge in [-0.25, -0.2) is 12.8 Å². The minimum absolute atomic E-state index is 0.102. The minimum atomic E-state index is -2.71. The predicted octanol–water partition coefficient (Wildman–Crippen LogP) is 0.191. The normalized spacial score (nSPS) is 10.2. The van der Waals surface area contributed by atoms with Crippen LogP contribution in [0.25, 0.3) is 0 Å². The second kappa shape index (κ2) is 2.74. The van der Waals surface area contributed by atoms with Gasteiger partial charge in [0.1, 0.15) is 5.82 Å². The molecule has 54 valence electrons. The third kappa shape index (κ3) is 1.51. The third-order valence-electron chi connectivity index (χ3n) is 0.901. The lowest BCUT2D eigenvalue weighted by atomic mass is 10.5. The first kappa shape index (κ1) is 7.14. The fourth-order valence-corrected chi connectivity index (χ4v) is 0.890. The predicted molar refractivity (Wildman–Crippen MR) is 32.8 cm³/mol. The second-order valence-electron chi connectivity index (χ2n) is 1.62. The van der Waals surface area contributed by atoms with Crippen molar-refractivity contribution >= 4 is 10.7 Å². The van der Waals surface area contributed by atoms with E-state index in [1.54, 1.807) is 0 Å². The third-order valence-corrected chi connectivity index (χ3v) is 1.57. The highest BCUT2D eigenvalue weighted by Crippen LogP contribution is 2.00. The molecule has 0 aromatic carbocycles. The van der Waals surface area contributed by atoms with Gasteiger partial charge in [-0.15, -0.1) is 0 Å². The molecule has 0 aliphatic heterocycles. The van der Waals surface area contributed by atoms with Crippen LogP contribution >= 0.6 is 0 Å². The zero-order chi connectivity index (χ0) is 7.56. The Labute approximate surface area is 58.5 Å². The highest BCUT2D eigenvalue weighted by molar-refractivity contribution is 7.72. The summed E-state index contributed by atoms with van der Waals surface area (Å²) in [5, 5.41) is 0. The van der Waals surface area contributed by atoms with Gasteiger partial charge in [-0.05, 0) is 6.07 Å². The Morgan fingerprint density at radius 1 is 1.40 bits per heavy atom. The Kier molecular flexibility index (Phi) is 1.96. The Morgan fingerprint density at radius 3 is 2.50 bits per heavy atom. The van der Waals surface area contributed by atoms with E-state index >= 15 is 0 Å². The number of hydrogen-bond donors (Lipinski definition) is 1. The smallest absolute Gasteiger partial charge is 0.169 e. The molecule has 3 nitrogen and oxygen atoms in total. The summed E-state index contributed by atoms with van der Waals surface area (Å²) in [6.45, 7) is 0. The molecule has 0 bridgehead atoms. The molecule has 1 aromatic rings. The summed E-state index contributed by atoms with van der Waals surface area (Å²) >= 11 is 0. The quantitative estimate of drug-likeness (QED) is 0.598. The van der Waals surface area contributed by atoms with Crippen molar-refractivity contribution in [2.75, 3.05) is 0 Å². The Morgan fingerprint density at radius 2 is 2.10 bits per heavy atom. The molecule has 0 amide bonds. The van der Waals surface area contributed by atoms with Gasteiger partial charge in [-0.2, -0.15) is 0 Å². The van der Waals surface area contributed by atoms with Gasteiger partial charge < -0.3 is 0 Å². The van der Waals surface area contributed by atoms with Gasteiger partial charge >= 0.3 is 0 Å². The Balaban J connectivity index is 3.19. The summed E-state index contributed by atoms with van der Waals surface area (Å²) in [5.74, 6) is -0.642. The molecule has 0 saturated heterocycles. The molecule has 0 unspecified atom stereocenters. The number of pyridine rings is 1. The van der Waals surface area contributed by atoms with E-state index in [4.69, 9.17) is 0 Å². The molecule has 1 heterocycles. The van der Waals surface area contributed by atoms with E-state index in [1.807, 2.05) is 0 Å². The molecule has 0 spiro atoms. The van der Waals surface area contributed by atoms with E-state index in [-0.39, 0.29) is 4.90 Å². The lowest BCUT2D eigenvalue weighted by Crippen LogP contribution is -1.83. The van der Waals surface area contributed by atoms with Gasteiger partial charge in [0.2, 0.25) is 0 Å². The van der Waals surface area contributed by atoms with Gasteiger partial charge in [0.25, 0.3) is 0 Å². The highest BCUT2D eigenvalue weighted by Gasteiger charge is 1.95. The van der Waals surface area contributed by atoms with Gasteiger partial charge in [-0.1, -0.05) is 0 Å². The van der Waals surface area contributed by atoms with Crippen LogP contribution in [0.3, 0.4) is 0 Å². The molecule has 1 rings (SSSR count). The molecule has 1 aromatic heterocycles. The number of halogens is 1. The maximum atomic E-state index is 12.2. The summed E-state index contributed by atoms with van der Waals surface area (Å²) in [6.07, 6.45) is 2.04. The number of hydrogen-bond acceptors (Lipinski definition) is 3. The van der Waals surface area contributed by atoms with Crippen LogP contribution in [-0.4, -0.2) is 13.4 Å². The Bertz CT molecular complexity index is 302. The van der Waals surface area contributed by atoms with Gasteiger partial charge in [0.05, 0.1) is 11.1 Å². The average molecular weight is 161 g/mol. The first-order valence-corrected chi connectivity index (χ1v) is 3.63. The first-order chi connectivity index (χ1) is 4.70. The minimum Gasteiger partial charge on any atom is -0.260 e. The SMILES string of the molecule is O=[SH](=O)c1cncc(F)c1. The second-order valence-corrected chi connectivity index (χ2v) is 2.65. The standard InChI is InChI=1S/C5H4FNO2S/c6-4-1-5(10(8)9)3-7-2-4/h1-3,10H. The summed E-state index contributed by atoms with van der Waals surface area (Å²) < 4.78 is 32.6. The number of rotatable bonds is 1. The molecular weight excluding hydrogens is 157 g/mol. The van der Waals surface area contributed by atoms with E-state index in [1.165, 1.54) is 0 Å². The molecular formula is C5H4FNO2S. The maximum absolute atomic E-state index is 12.2. The molecule has 5 heteroatoms. The van der Waals surface area contributed by atoms with Crippen LogP contribution in [-0.2, 0) is 10.7 Å². The van der Waals surface area contributed by atoms with Crippen LogP contribution in [0, 0.1) is 5.82 Å². The van der Waals surface area contributed by atoms with Crippen molar-refractivity contribution in [3.05, 3.63) is 24.3 Å². The number of thiol groups is 1. The summed E-state index contributed by atoms with van der Waals surface area (Å²) in [5.41, 5.74) is 0. The van der Waals surface area contributed by atoms with Crippen LogP contribution in [0.2, 0.25) is 0 Å². The largest absolute Gasteiger partial charge is 0.260 e. The zero-order valence-corrected chi connectivity index (χ0v) is 5.72. The number of aromatic nitrogens is 1. The summed E-state index contributed by atoms with van der Waals surface area (Å²) in [4.78, 5) is 3.24. The fraction of sp³-hybridized carbons (Fsp3) is 0. The van der Waals surface area contributed by atoms with Crippen molar-refractivity contribution in [2.45, 2.75) is 4.90 Å². The molecule has 0 N–H and O–H groups in total. The molecule has 10 heavy (non-hydrogen) atoms. The first-order valence-electron chi connectivity index (χ1n) is 2.45. The zero-order valence-electron chi connectivity index (χ0n) is 4.82. The van der Waals surface area contributed by atoms with Gasteiger partial charge in [-0.3, -0.25) is 4.98 Å². The van der Waals surface area contributed by atoms with Crippen LogP contribution in [0.1, 0.15) is 0 Å². The van der Waals surface area contributed by atoms with Crippen molar-refractivity contribution < 1.29 is 12.8 Å². The summed E-state index contributed by atoms with van der Waals surface area (Å²) in [6, 6.07) is 0.915. The van der Waals surface area contributed by atoms with Crippen molar-refractivity contribution in [2.24, 2.45) is 0 Å². The van der Waals surface area contributed by atoms with Crippen LogP contribution in [0.5, 0.6) is 0 Å². The topological polar surface area (TPSA) is 47.0 Å². The van der Waals surface area contributed by atoms with Gasteiger partial charge in [0, 0.05) is 6.20 Å². The van der Waals surface area contributed by atoms with E-state index in [9.17, 15) is 12.8 Å². The lowest BCUT2D eigenvalue weighted by molar-refractivity contribution is 0.602. The van der Waals surface area contributed by atoms with Crippen molar-refractivity contribution in [3.8, 4) is 0 Å². The lowest BCUT2D eigenvalue weighted by Gasteiger charge is -1.87. The molecule has 0 radical (unpaired) electrons. The molecule has 0 aliphatic rings. The van der Waals surface area contributed by atoms with E-state index in [2.05, 4.69) is 4.98 Å².